The molecule has 0 N–H and O–H groups in total. The lowest BCUT2D eigenvalue weighted by atomic mass is 10.2. The van der Waals surface area contributed by atoms with E-state index in [0.717, 1.165) is 6.29 Å². The van der Waals surface area contributed by atoms with Gasteiger partial charge in [-0.15, -0.1) is 0 Å². The minimum atomic E-state index is -0.253. The number of esters is 1. The molecule has 0 fully saturated rings. The van der Waals surface area contributed by atoms with Gasteiger partial charge in [-0.1, -0.05) is 0 Å². The second kappa shape index (κ2) is 28.4. The summed E-state index contributed by atoms with van der Waals surface area (Å²) < 4.78 is 53.7. The zero-order valence-corrected chi connectivity index (χ0v) is 23.7. The van der Waals surface area contributed by atoms with Gasteiger partial charge in [-0.2, -0.15) is 0 Å². The van der Waals surface area contributed by atoms with Crippen molar-refractivity contribution in [2.45, 2.75) is 13.3 Å². The fourth-order valence-corrected chi connectivity index (χ4v) is 2.89. The molecule has 0 radical (unpaired) electrons. The minimum absolute atomic E-state index is 0.253. The quantitative estimate of drug-likeness (QED) is 0.0757. The highest BCUT2D eigenvalue weighted by Gasteiger charge is 2.01. The van der Waals surface area contributed by atoms with Crippen molar-refractivity contribution in [2.75, 3.05) is 119 Å². The molecule has 0 aliphatic carbocycles. The van der Waals surface area contributed by atoms with Gasteiger partial charge in [0.25, 0.3) is 0 Å². The molecular weight excluding hydrogens is 528 g/mol. The largest absolute Gasteiger partial charge is 0.491 e. The zero-order chi connectivity index (χ0) is 28.8. The highest BCUT2D eigenvalue weighted by Crippen LogP contribution is 2.10. The van der Waals surface area contributed by atoms with Gasteiger partial charge in [0, 0.05) is 5.56 Å². The Morgan fingerprint density at radius 3 is 1.25 bits per heavy atom. The van der Waals surface area contributed by atoms with Crippen LogP contribution < -0.4 is 4.74 Å². The zero-order valence-electron chi connectivity index (χ0n) is 23.7. The summed E-state index contributed by atoms with van der Waals surface area (Å²) in [5, 5.41) is 0. The van der Waals surface area contributed by atoms with Gasteiger partial charge >= 0.3 is 5.97 Å². The van der Waals surface area contributed by atoms with Crippen LogP contribution in [0.5, 0.6) is 5.75 Å². The van der Waals surface area contributed by atoms with E-state index in [1.807, 2.05) is 0 Å². The second-order valence-corrected chi connectivity index (χ2v) is 7.99. The third kappa shape index (κ3) is 23.7. The maximum absolute atomic E-state index is 11.1. The summed E-state index contributed by atoms with van der Waals surface area (Å²) in [4.78, 5) is 21.7. The summed E-state index contributed by atoms with van der Waals surface area (Å²) in [5.74, 6) is 0.448. The molecule has 0 amide bonds. The van der Waals surface area contributed by atoms with E-state index in [2.05, 4.69) is 0 Å². The van der Waals surface area contributed by atoms with E-state index in [9.17, 15) is 9.59 Å². The van der Waals surface area contributed by atoms with Crippen molar-refractivity contribution in [3.63, 3.8) is 0 Å². The number of hydrogen-bond acceptors (Lipinski definition) is 12. The first-order chi connectivity index (χ1) is 19.8. The van der Waals surface area contributed by atoms with Crippen LogP contribution in [0, 0.1) is 0 Å². The molecule has 1 aromatic rings. The molecule has 230 valence electrons. The summed E-state index contributed by atoms with van der Waals surface area (Å²) in [5.41, 5.74) is 0.616. The Morgan fingerprint density at radius 1 is 0.550 bits per heavy atom. The van der Waals surface area contributed by atoms with E-state index >= 15 is 0 Å². The molecule has 0 spiro atoms. The van der Waals surface area contributed by atoms with Crippen LogP contribution in [0.1, 0.15) is 23.7 Å². The maximum Gasteiger partial charge on any atom is 0.308 e. The van der Waals surface area contributed by atoms with Crippen LogP contribution >= 0.6 is 0 Å². The molecule has 0 heterocycles. The number of carbonyl (C=O) groups is 2. The SMILES string of the molecule is CCOC(=O)CCOCCOCCOCCOCCOCCOCCOCCOCCOc1ccc(C=O)cc1. The monoisotopic (exact) mass is 574 g/mol. The number of ether oxygens (including phenoxy) is 10. The third-order valence-corrected chi connectivity index (χ3v) is 4.87. The predicted molar refractivity (Wildman–Crippen MR) is 145 cm³/mol. The normalized spacial score (nSPS) is 11.0. The molecule has 0 aromatic heterocycles. The molecule has 12 heteroatoms. The molecule has 0 saturated heterocycles. The Balaban J connectivity index is 1.67. The molecule has 0 saturated carbocycles. The molecule has 0 unspecified atom stereocenters. The van der Waals surface area contributed by atoms with Crippen molar-refractivity contribution >= 4 is 12.3 Å². The lowest BCUT2D eigenvalue weighted by molar-refractivity contribution is -0.144. The van der Waals surface area contributed by atoms with E-state index in [1.54, 1.807) is 31.2 Å². The summed E-state index contributed by atoms with van der Waals surface area (Å²) in [6, 6.07) is 6.92. The van der Waals surface area contributed by atoms with Crippen LogP contribution in [0.25, 0.3) is 0 Å². The van der Waals surface area contributed by atoms with Crippen molar-refractivity contribution in [3.05, 3.63) is 29.8 Å². The molecular formula is C28H46O12. The molecule has 0 aliphatic heterocycles. The highest BCUT2D eigenvalue weighted by molar-refractivity contribution is 5.74. The lowest BCUT2D eigenvalue weighted by Gasteiger charge is -2.09. The van der Waals surface area contributed by atoms with E-state index in [4.69, 9.17) is 47.4 Å². The van der Waals surface area contributed by atoms with Gasteiger partial charge in [0.1, 0.15) is 18.6 Å². The van der Waals surface area contributed by atoms with Crippen LogP contribution in [0.15, 0.2) is 24.3 Å². The van der Waals surface area contributed by atoms with Crippen LogP contribution in [-0.2, 0) is 47.4 Å². The lowest BCUT2D eigenvalue weighted by Crippen LogP contribution is -2.15. The van der Waals surface area contributed by atoms with Crippen molar-refractivity contribution < 1.29 is 57.0 Å². The number of benzene rings is 1. The predicted octanol–water partition coefficient (Wildman–Crippen LogP) is 1.96. The van der Waals surface area contributed by atoms with Crippen LogP contribution in [0.3, 0.4) is 0 Å². The number of rotatable bonds is 30. The topological polar surface area (TPSA) is 126 Å². The number of carbonyl (C=O) groups excluding carboxylic acids is 2. The molecule has 1 aromatic carbocycles. The first-order valence-electron chi connectivity index (χ1n) is 13.7. The molecule has 1 rings (SSSR count). The van der Waals surface area contributed by atoms with Crippen molar-refractivity contribution in [1.82, 2.24) is 0 Å². The van der Waals surface area contributed by atoms with Gasteiger partial charge < -0.3 is 47.4 Å². The number of hydrogen-bond donors (Lipinski definition) is 0. The van der Waals surface area contributed by atoms with Gasteiger partial charge in [0.05, 0.1) is 119 Å². The number of aldehydes is 1. The Bertz CT molecular complexity index is 701. The Morgan fingerprint density at radius 2 is 0.900 bits per heavy atom. The van der Waals surface area contributed by atoms with Gasteiger partial charge in [0.15, 0.2) is 0 Å². The summed E-state index contributed by atoms with van der Waals surface area (Å²) >= 11 is 0. The van der Waals surface area contributed by atoms with Gasteiger partial charge in [-0.05, 0) is 31.2 Å². The van der Waals surface area contributed by atoms with Gasteiger partial charge in [0.2, 0.25) is 0 Å². The molecule has 40 heavy (non-hydrogen) atoms. The third-order valence-electron chi connectivity index (χ3n) is 4.87. The van der Waals surface area contributed by atoms with Gasteiger partial charge in [-0.25, -0.2) is 0 Å². The average molecular weight is 575 g/mol. The van der Waals surface area contributed by atoms with Crippen molar-refractivity contribution in [1.29, 1.82) is 0 Å². The Hall–Kier alpha value is -2.16. The van der Waals surface area contributed by atoms with E-state index in [-0.39, 0.29) is 12.4 Å². The first kappa shape index (κ1) is 35.9. The van der Waals surface area contributed by atoms with Gasteiger partial charge in [-0.3, -0.25) is 9.59 Å². The molecule has 12 nitrogen and oxygen atoms in total. The molecule has 0 aliphatic rings. The Labute approximate surface area is 237 Å². The Kier molecular flexibility index (Phi) is 25.4. The van der Waals surface area contributed by atoms with E-state index < -0.39 is 0 Å². The average Bonchev–Trinajstić information content (AvgIpc) is 2.97. The van der Waals surface area contributed by atoms with Crippen LogP contribution in [-0.4, -0.2) is 131 Å². The first-order valence-corrected chi connectivity index (χ1v) is 13.7. The second-order valence-electron chi connectivity index (χ2n) is 7.99. The molecule has 0 bridgehead atoms. The van der Waals surface area contributed by atoms with Crippen LogP contribution in [0.2, 0.25) is 0 Å². The summed E-state index contributed by atoms with van der Waals surface area (Å²) in [6.07, 6.45) is 1.05. The summed E-state index contributed by atoms with van der Waals surface area (Å²) in [7, 11) is 0. The molecule has 0 atom stereocenters. The smallest absolute Gasteiger partial charge is 0.308 e. The maximum atomic E-state index is 11.1. The van der Waals surface area contributed by atoms with Crippen molar-refractivity contribution in [2.24, 2.45) is 0 Å². The van der Waals surface area contributed by atoms with E-state index in [0.29, 0.717) is 130 Å². The summed E-state index contributed by atoms with van der Waals surface area (Å²) in [6.45, 7) is 10.1. The highest BCUT2D eigenvalue weighted by atomic mass is 16.6. The van der Waals surface area contributed by atoms with E-state index in [1.165, 1.54) is 0 Å². The fourth-order valence-electron chi connectivity index (χ4n) is 2.89. The fraction of sp³-hybridized carbons (Fsp3) is 0.714. The standard InChI is InChI=1S/C28H46O12/c1-2-39-28(30)7-8-31-9-10-32-11-12-33-13-14-34-15-16-35-17-18-36-19-20-37-21-22-38-23-24-40-27-5-3-26(25-29)4-6-27/h3-6,25H,2,7-24H2,1H3. The minimum Gasteiger partial charge on any atom is -0.491 e. The van der Waals surface area contributed by atoms with Crippen LogP contribution in [0.4, 0.5) is 0 Å². The van der Waals surface area contributed by atoms with Crippen molar-refractivity contribution in [3.8, 4) is 5.75 Å².